The van der Waals surface area contributed by atoms with Crippen LogP contribution in [0.2, 0.25) is 0 Å². The second kappa shape index (κ2) is 10.6. The lowest BCUT2D eigenvalue weighted by atomic mass is 10.1. The second-order valence-corrected chi connectivity index (χ2v) is 8.07. The van der Waals surface area contributed by atoms with Gasteiger partial charge < -0.3 is 0 Å². The molecule has 0 unspecified atom stereocenters. The molecule has 0 saturated carbocycles. The van der Waals surface area contributed by atoms with Crippen LogP contribution in [0.5, 0.6) is 0 Å². The molecule has 0 atom stereocenters. The number of hydrogen-bond acceptors (Lipinski definition) is 3. The molecule has 0 aliphatic heterocycles. The van der Waals surface area contributed by atoms with Crippen molar-refractivity contribution in [2.24, 2.45) is 0 Å². The van der Waals surface area contributed by atoms with Gasteiger partial charge in [-0.25, -0.2) is 22.0 Å². The van der Waals surface area contributed by atoms with Gasteiger partial charge in [-0.05, 0) is 36.4 Å². The fourth-order valence-corrected chi connectivity index (χ4v) is 3.23. The number of anilines is 3. The van der Waals surface area contributed by atoms with Gasteiger partial charge in [0.1, 0.15) is 0 Å². The number of halogens is 17. The van der Waals surface area contributed by atoms with Crippen molar-refractivity contribution in [3.8, 4) is 0 Å². The third kappa shape index (κ3) is 6.84. The Morgan fingerprint density at radius 1 is 0.381 bits per heavy atom. The van der Waals surface area contributed by atoms with Crippen LogP contribution in [0.3, 0.4) is 0 Å². The summed E-state index contributed by atoms with van der Waals surface area (Å²) in [5.74, 6) is -14.0. The number of hydrogen-bond donors (Lipinski definition) is 2. The molecule has 42 heavy (non-hydrogen) atoms. The van der Waals surface area contributed by atoms with Crippen LogP contribution in [0.15, 0.2) is 36.4 Å². The van der Waals surface area contributed by atoms with Gasteiger partial charge in [-0.15, -0.1) is 0 Å². The van der Waals surface area contributed by atoms with E-state index in [1.165, 1.54) is 10.9 Å². The van der Waals surface area contributed by atoms with Crippen LogP contribution < -0.4 is 16.0 Å². The molecule has 2 N–H and O–H groups in total. The number of alkyl halides is 12. The number of benzene rings is 3. The first kappa shape index (κ1) is 32.4. The molecule has 0 heterocycles. The van der Waals surface area contributed by atoms with Crippen LogP contribution in [0.1, 0.15) is 22.3 Å². The molecule has 3 rings (SSSR count). The van der Waals surface area contributed by atoms with E-state index in [-0.39, 0.29) is 24.3 Å². The smallest absolute Gasteiger partial charge is 0.279 e. The Labute approximate surface area is 221 Å². The van der Waals surface area contributed by atoms with Gasteiger partial charge in [0, 0.05) is 0 Å². The highest BCUT2D eigenvalue weighted by molar-refractivity contribution is 5.64. The average Bonchev–Trinajstić information content (AvgIpc) is 2.84. The summed E-state index contributed by atoms with van der Waals surface area (Å²) in [7, 11) is 0. The Morgan fingerprint density at radius 2 is 0.619 bits per heavy atom. The summed E-state index contributed by atoms with van der Waals surface area (Å²) in [5.41, 5.74) is -10.8. The summed E-state index contributed by atoms with van der Waals surface area (Å²) < 4.78 is 229. The predicted octanol–water partition coefficient (Wildman–Crippen LogP) is 9.32. The van der Waals surface area contributed by atoms with Crippen LogP contribution in [0, 0.1) is 29.1 Å². The first-order valence-electron chi connectivity index (χ1n) is 10.3. The van der Waals surface area contributed by atoms with E-state index in [2.05, 4.69) is 0 Å². The van der Waals surface area contributed by atoms with Crippen molar-refractivity contribution in [2.75, 3.05) is 16.0 Å². The van der Waals surface area contributed by atoms with Gasteiger partial charge in [0.2, 0.25) is 5.82 Å². The molecule has 3 aromatic carbocycles. The molecular weight excluding hydrogens is 629 g/mol. The molecule has 0 radical (unpaired) electrons. The number of nitrogens with one attached hydrogen (secondary N) is 2. The second-order valence-electron chi connectivity index (χ2n) is 8.07. The molecule has 0 spiro atoms. The number of nitrogens with zero attached hydrogens (tertiary/aromatic N) is 1. The van der Waals surface area contributed by atoms with E-state index >= 15 is 0 Å². The third-order valence-corrected chi connectivity index (χ3v) is 5.07. The summed E-state index contributed by atoms with van der Waals surface area (Å²) >= 11 is 0. The molecule has 0 saturated heterocycles. The van der Waals surface area contributed by atoms with E-state index in [1.54, 1.807) is 0 Å². The van der Waals surface area contributed by atoms with Crippen molar-refractivity contribution in [3.63, 3.8) is 0 Å². The molecule has 0 fully saturated rings. The zero-order chi connectivity index (χ0) is 32.2. The molecule has 0 aliphatic carbocycles. The van der Waals surface area contributed by atoms with Gasteiger partial charge in [-0.1, -0.05) is 0 Å². The Bertz CT molecular complexity index is 1310. The van der Waals surface area contributed by atoms with Crippen molar-refractivity contribution in [1.82, 2.24) is 0 Å². The SMILES string of the molecule is Fc1c(F)c(F)c(N(Nc2cc(C(F)(F)F)cc(C(F)(F)F)c2)Nc2cc(C(F)(F)F)cc(C(F)(F)F)c2)c(F)c1F. The lowest BCUT2D eigenvalue weighted by Crippen LogP contribution is -2.38. The normalized spacial score (nSPS) is 12.9. The van der Waals surface area contributed by atoms with Crippen LogP contribution in [-0.2, 0) is 24.7 Å². The first-order chi connectivity index (χ1) is 18.9. The molecular formula is C22H8F17N3. The van der Waals surface area contributed by atoms with Gasteiger partial charge in [-0.2, -0.15) is 57.8 Å². The van der Waals surface area contributed by atoms with E-state index in [0.717, 1.165) is 0 Å². The van der Waals surface area contributed by atoms with Crippen LogP contribution in [0.4, 0.5) is 91.7 Å². The van der Waals surface area contributed by atoms with Gasteiger partial charge >= 0.3 is 24.7 Å². The van der Waals surface area contributed by atoms with Crippen molar-refractivity contribution in [3.05, 3.63) is 87.7 Å². The summed E-state index contributed by atoms with van der Waals surface area (Å²) in [6.45, 7) is 0. The van der Waals surface area contributed by atoms with Gasteiger partial charge in [-0.3, -0.25) is 10.9 Å². The van der Waals surface area contributed by atoms with Gasteiger partial charge in [0.15, 0.2) is 29.0 Å². The fraction of sp³-hybridized carbons (Fsp3) is 0.182. The zero-order valence-electron chi connectivity index (χ0n) is 19.3. The quantitative estimate of drug-likeness (QED) is 0.126. The van der Waals surface area contributed by atoms with E-state index < -0.39 is 110 Å². The van der Waals surface area contributed by atoms with Crippen LogP contribution >= 0.6 is 0 Å². The topological polar surface area (TPSA) is 27.3 Å². The minimum absolute atomic E-state index is 0.177. The van der Waals surface area contributed by atoms with E-state index in [0.29, 0.717) is 0 Å². The summed E-state index contributed by atoms with van der Waals surface area (Å²) in [6.07, 6.45) is -22.2. The maximum atomic E-state index is 14.6. The molecule has 0 aliphatic rings. The van der Waals surface area contributed by atoms with Crippen molar-refractivity contribution < 1.29 is 74.6 Å². The molecule has 0 aromatic heterocycles. The first-order valence-corrected chi connectivity index (χ1v) is 10.3. The highest BCUT2D eigenvalue weighted by Gasteiger charge is 2.39. The molecule has 0 bridgehead atoms. The molecule has 20 heteroatoms. The number of hydrazine groups is 2. The van der Waals surface area contributed by atoms with Crippen LogP contribution in [-0.4, -0.2) is 0 Å². The minimum Gasteiger partial charge on any atom is -0.279 e. The largest absolute Gasteiger partial charge is 0.416 e. The summed E-state index contributed by atoms with van der Waals surface area (Å²) in [4.78, 5) is 0. The molecule has 0 amide bonds. The Balaban J connectivity index is 2.31. The zero-order valence-corrected chi connectivity index (χ0v) is 19.3. The van der Waals surface area contributed by atoms with Gasteiger partial charge in [0.05, 0.1) is 33.6 Å². The highest BCUT2D eigenvalue weighted by Crippen LogP contribution is 2.40. The standard InChI is InChI=1S/C22H8F17N3/c23-13-14(24)16(26)18(17(27)15(13)25)42(40-11-3-7(19(28,29)30)1-8(4-11)20(31,32)33)41-12-5-9(21(34,35)36)2-10(6-12)22(37,38)39/h1-6,40-41H. The van der Waals surface area contributed by atoms with E-state index in [9.17, 15) is 74.6 Å². The maximum Gasteiger partial charge on any atom is 0.416 e. The third-order valence-electron chi connectivity index (χ3n) is 5.07. The Morgan fingerprint density at radius 3 is 0.857 bits per heavy atom. The molecule has 230 valence electrons. The summed E-state index contributed by atoms with van der Waals surface area (Å²) in [5, 5.41) is -0.693. The average molecular weight is 637 g/mol. The van der Waals surface area contributed by atoms with Gasteiger partial charge in [0.25, 0.3) is 0 Å². The molecule has 3 aromatic rings. The minimum atomic E-state index is -5.54. The predicted molar refractivity (Wildman–Crippen MR) is 109 cm³/mol. The van der Waals surface area contributed by atoms with Crippen molar-refractivity contribution >= 4 is 17.1 Å². The lowest BCUT2D eigenvalue weighted by molar-refractivity contribution is -0.144. The van der Waals surface area contributed by atoms with Crippen molar-refractivity contribution in [2.45, 2.75) is 24.7 Å². The Hall–Kier alpha value is -4.13. The maximum absolute atomic E-state index is 14.6. The molecule has 3 nitrogen and oxygen atoms in total. The van der Waals surface area contributed by atoms with Crippen LogP contribution in [0.25, 0.3) is 0 Å². The highest BCUT2D eigenvalue weighted by atomic mass is 19.4. The fourth-order valence-electron chi connectivity index (χ4n) is 3.23. The monoisotopic (exact) mass is 637 g/mol. The van der Waals surface area contributed by atoms with E-state index in [1.807, 2.05) is 0 Å². The Kier molecular flexibility index (Phi) is 8.18. The van der Waals surface area contributed by atoms with Crippen molar-refractivity contribution in [1.29, 1.82) is 0 Å². The lowest BCUT2D eigenvalue weighted by Gasteiger charge is -2.29. The number of rotatable bonds is 5. The summed E-state index contributed by atoms with van der Waals surface area (Å²) in [6, 6.07) is -1.59. The van der Waals surface area contributed by atoms with E-state index in [4.69, 9.17) is 0 Å².